The minimum atomic E-state index is -0.0801. The molecule has 1 aliphatic carbocycles. The van der Waals surface area contributed by atoms with Crippen molar-refractivity contribution in [3.8, 4) is 0 Å². The monoisotopic (exact) mass is 356 g/mol. The summed E-state index contributed by atoms with van der Waals surface area (Å²) in [6.45, 7) is 0.829. The van der Waals surface area contributed by atoms with Crippen LogP contribution in [0.2, 0.25) is 0 Å². The van der Waals surface area contributed by atoms with Crippen molar-refractivity contribution >= 4 is 17.9 Å². The highest BCUT2D eigenvalue weighted by Crippen LogP contribution is 2.29. The number of amides is 2. The van der Waals surface area contributed by atoms with Crippen LogP contribution in [0, 0.1) is 5.92 Å². The van der Waals surface area contributed by atoms with Gasteiger partial charge in [0.2, 0.25) is 11.8 Å². The number of carbonyl (C=O) groups is 2. The van der Waals surface area contributed by atoms with Gasteiger partial charge in [-0.2, -0.15) is 0 Å². The molecule has 0 unspecified atom stereocenters. The van der Waals surface area contributed by atoms with Crippen molar-refractivity contribution in [1.82, 2.24) is 10.2 Å². The number of likely N-dealkylation sites (tertiary alicyclic amines) is 1. The Hall–Kier alpha value is -2.14. The van der Waals surface area contributed by atoms with E-state index >= 15 is 0 Å². The number of hydrogen-bond acceptors (Lipinski definition) is 3. The van der Waals surface area contributed by atoms with Crippen LogP contribution in [0.4, 0.5) is 0 Å². The first-order valence-electron chi connectivity index (χ1n) is 9.62. The van der Waals surface area contributed by atoms with Crippen LogP contribution in [-0.4, -0.2) is 47.1 Å². The Labute approximate surface area is 155 Å². The molecule has 3 rings (SSSR count). The Morgan fingerprint density at radius 3 is 2.54 bits per heavy atom. The third-order valence-electron chi connectivity index (χ3n) is 5.52. The molecule has 0 aromatic heterocycles. The van der Waals surface area contributed by atoms with Crippen LogP contribution in [0.5, 0.6) is 0 Å². The number of aliphatic hydroxyl groups excluding tert-OH is 1. The molecular formula is C21H28N2O3. The van der Waals surface area contributed by atoms with E-state index in [0.717, 1.165) is 50.6 Å². The van der Waals surface area contributed by atoms with Crippen molar-refractivity contribution in [2.45, 2.75) is 50.6 Å². The SMILES string of the molecule is O=C(/C=C/c1ccccc1)NC1CCC(C(=O)N2CCC[C@H]2CO)CC1. The molecule has 1 aromatic rings. The summed E-state index contributed by atoms with van der Waals surface area (Å²) in [5.41, 5.74) is 1.00. The first-order chi connectivity index (χ1) is 12.7. The molecule has 1 heterocycles. The second-order valence-electron chi connectivity index (χ2n) is 7.31. The summed E-state index contributed by atoms with van der Waals surface area (Å²) in [4.78, 5) is 26.6. The van der Waals surface area contributed by atoms with E-state index in [4.69, 9.17) is 0 Å². The van der Waals surface area contributed by atoms with Gasteiger partial charge in [0.15, 0.2) is 0 Å². The number of nitrogens with one attached hydrogen (secondary N) is 1. The van der Waals surface area contributed by atoms with Crippen LogP contribution >= 0.6 is 0 Å². The lowest BCUT2D eigenvalue weighted by Crippen LogP contribution is -2.44. The van der Waals surface area contributed by atoms with Gasteiger partial charge in [0, 0.05) is 24.6 Å². The van der Waals surface area contributed by atoms with E-state index < -0.39 is 0 Å². The lowest BCUT2D eigenvalue weighted by molar-refractivity contribution is -0.138. The Morgan fingerprint density at radius 1 is 1.12 bits per heavy atom. The second-order valence-corrected chi connectivity index (χ2v) is 7.31. The van der Waals surface area contributed by atoms with Gasteiger partial charge in [-0.15, -0.1) is 0 Å². The highest BCUT2D eigenvalue weighted by Gasteiger charge is 2.34. The molecule has 2 N–H and O–H groups in total. The lowest BCUT2D eigenvalue weighted by Gasteiger charge is -2.32. The molecule has 1 aliphatic heterocycles. The summed E-state index contributed by atoms with van der Waals surface area (Å²) in [6.07, 6.45) is 8.55. The van der Waals surface area contributed by atoms with Gasteiger partial charge in [-0.05, 0) is 50.2 Å². The fourth-order valence-corrected chi connectivity index (χ4v) is 4.02. The molecule has 5 nitrogen and oxygen atoms in total. The van der Waals surface area contributed by atoms with Gasteiger partial charge in [0.05, 0.1) is 12.6 Å². The Kier molecular flexibility index (Phi) is 6.45. The molecule has 2 amide bonds. The average molecular weight is 356 g/mol. The minimum absolute atomic E-state index is 0.00282. The maximum Gasteiger partial charge on any atom is 0.244 e. The maximum atomic E-state index is 12.7. The molecule has 5 heteroatoms. The van der Waals surface area contributed by atoms with Crippen LogP contribution in [-0.2, 0) is 9.59 Å². The zero-order valence-corrected chi connectivity index (χ0v) is 15.1. The maximum absolute atomic E-state index is 12.7. The predicted octanol–water partition coefficient (Wildman–Crippen LogP) is 2.36. The summed E-state index contributed by atoms with van der Waals surface area (Å²) < 4.78 is 0. The first kappa shape index (κ1) is 18.6. The first-order valence-corrected chi connectivity index (χ1v) is 9.62. The van der Waals surface area contributed by atoms with E-state index in [9.17, 15) is 14.7 Å². The van der Waals surface area contributed by atoms with Crippen molar-refractivity contribution < 1.29 is 14.7 Å². The van der Waals surface area contributed by atoms with Gasteiger partial charge in [-0.3, -0.25) is 9.59 Å². The second kappa shape index (κ2) is 8.99. The molecule has 0 bridgehead atoms. The van der Waals surface area contributed by atoms with E-state index in [2.05, 4.69) is 5.32 Å². The topological polar surface area (TPSA) is 69.6 Å². The number of nitrogens with zero attached hydrogens (tertiary/aromatic N) is 1. The zero-order valence-electron chi connectivity index (χ0n) is 15.1. The van der Waals surface area contributed by atoms with Gasteiger partial charge in [0.25, 0.3) is 0 Å². The van der Waals surface area contributed by atoms with E-state index in [1.54, 1.807) is 6.08 Å². The standard InChI is InChI=1S/C21H28N2O3/c24-15-19-7-4-14-23(19)21(26)17-9-11-18(12-10-17)22-20(25)13-8-16-5-2-1-3-6-16/h1-3,5-6,8,13,17-19,24H,4,7,9-12,14-15H2,(H,22,25)/b13-8+/t17?,18?,19-/m0/s1. The van der Waals surface area contributed by atoms with Gasteiger partial charge < -0.3 is 15.3 Å². The molecule has 1 saturated heterocycles. The van der Waals surface area contributed by atoms with Crippen molar-refractivity contribution in [3.05, 3.63) is 42.0 Å². The molecule has 140 valence electrons. The van der Waals surface area contributed by atoms with Gasteiger partial charge in [0.1, 0.15) is 0 Å². The van der Waals surface area contributed by atoms with Crippen molar-refractivity contribution in [1.29, 1.82) is 0 Å². The predicted molar refractivity (Wildman–Crippen MR) is 101 cm³/mol. The third kappa shape index (κ3) is 4.73. The largest absolute Gasteiger partial charge is 0.394 e. The lowest BCUT2D eigenvalue weighted by atomic mass is 9.85. The molecule has 0 spiro atoms. The normalized spacial score (nSPS) is 26.2. The molecule has 1 atom stereocenters. The molecule has 0 radical (unpaired) electrons. The fourth-order valence-electron chi connectivity index (χ4n) is 4.02. The van der Waals surface area contributed by atoms with Crippen molar-refractivity contribution in [2.75, 3.05) is 13.2 Å². The van der Waals surface area contributed by atoms with Crippen LogP contribution in [0.1, 0.15) is 44.1 Å². The van der Waals surface area contributed by atoms with E-state index in [0.29, 0.717) is 0 Å². The Bertz CT molecular complexity index is 636. The average Bonchev–Trinajstić information content (AvgIpc) is 3.16. The van der Waals surface area contributed by atoms with Crippen LogP contribution in [0.15, 0.2) is 36.4 Å². The fraction of sp³-hybridized carbons (Fsp3) is 0.524. The van der Waals surface area contributed by atoms with Crippen LogP contribution < -0.4 is 5.32 Å². The minimum Gasteiger partial charge on any atom is -0.394 e. The molecule has 2 fully saturated rings. The molecular weight excluding hydrogens is 328 g/mol. The Morgan fingerprint density at radius 2 is 1.85 bits per heavy atom. The van der Waals surface area contributed by atoms with E-state index in [1.165, 1.54) is 0 Å². The Balaban J connectivity index is 1.44. The van der Waals surface area contributed by atoms with E-state index in [-0.39, 0.29) is 36.4 Å². The summed E-state index contributed by atoms with van der Waals surface area (Å²) in [5, 5.41) is 12.5. The smallest absolute Gasteiger partial charge is 0.244 e. The quantitative estimate of drug-likeness (QED) is 0.796. The number of hydrogen-bond donors (Lipinski definition) is 2. The van der Waals surface area contributed by atoms with Gasteiger partial charge >= 0.3 is 0 Å². The molecule has 1 aromatic carbocycles. The summed E-state index contributed by atoms with van der Waals surface area (Å²) in [6, 6.07) is 9.89. The van der Waals surface area contributed by atoms with Crippen LogP contribution in [0.25, 0.3) is 6.08 Å². The molecule has 2 aliphatic rings. The number of benzene rings is 1. The molecule has 26 heavy (non-hydrogen) atoms. The van der Waals surface area contributed by atoms with Gasteiger partial charge in [-0.1, -0.05) is 30.3 Å². The van der Waals surface area contributed by atoms with Gasteiger partial charge in [-0.25, -0.2) is 0 Å². The number of carbonyl (C=O) groups excluding carboxylic acids is 2. The highest BCUT2D eigenvalue weighted by atomic mass is 16.3. The van der Waals surface area contributed by atoms with E-state index in [1.807, 2.05) is 41.3 Å². The summed E-state index contributed by atoms with van der Waals surface area (Å²) in [5.74, 6) is 0.147. The zero-order chi connectivity index (χ0) is 18.4. The highest BCUT2D eigenvalue weighted by molar-refractivity contribution is 5.91. The summed E-state index contributed by atoms with van der Waals surface area (Å²) >= 11 is 0. The summed E-state index contributed by atoms with van der Waals surface area (Å²) in [7, 11) is 0. The molecule has 1 saturated carbocycles. The van der Waals surface area contributed by atoms with Crippen molar-refractivity contribution in [2.24, 2.45) is 5.92 Å². The number of aliphatic hydroxyl groups is 1. The number of rotatable bonds is 5. The van der Waals surface area contributed by atoms with Crippen LogP contribution in [0.3, 0.4) is 0 Å². The van der Waals surface area contributed by atoms with Crippen molar-refractivity contribution in [3.63, 3.8) is 0 Å². The third-order valence-corrected chi connectivity index (χ3v) is 5.52.